The molecule has 2 atom stereocenters. The Bertz CT molecular complexity index is 1250. The van der Waals surface area contributed by atoms with Gasteiger partial charge in [-0.2, -0.15) is 5.10 Å². The zero-order valence-corrected chi connectivity index (χ0v) is 21.7. The number of nitrogens with one attached hydrogen (secondary N) is 2. The van der Waals surface area contributed by atoms with Gasteiger partial charge in [-0.25, -0.2) is 17.9 Å². The number of alkyl halides is 2. The van der Waals surface area contributed by atoms with E-state index < -0.39 is 18.3 Å². The van der Waals surface area contributed by atoms with Crippen molar-refractivity contribution in [3.8, 4) is 22.8 Å². The predicted octanol–water partition coefficient (Wildman–Crippen LogP) is 4.77. The quantitative estimate of drug-likeness (QED) is 0.430. The Morgan fingerprint density at radius 3 is 2.42 bits per heavy atom. The first-order chi connectivity index (χ1) is 18.3. The maximum Gasteiger partial charge on any atom is 0.260 e. The first-order valence-corrected chi connectivity index (χ1v) is 12.4. The summed E-state index contributed by atoms with van der Waals surface area (Å²) < 4.78 is 53.4. The van der Waals surface area contributed by atoms with E-state index in [1.54, 1.807) is 29.2 Å². The van der Waals surface area contributed by atoms with Crippen LogP contribution in [0, 0.1) is 5.82 Å². The number of aromatic nitrogens is 2. The molecule has 1 amide bonds. The molecule has 0 aliphatic carbocycles. The second kappa shape index (κ2) is 12.4. The zero-order chi connectivity index (χ0) is 27.2. The van der Waals surface area contributed by atoms with Gasteiger partial charge >= 0.3 is 0 Å². The van der Waals surface area contributed by atoms with Gasteiger partial charge in [-0.1, -0.05) is 23.7 Å². The van der Waals surface area contributed by atoms with Crippen LogP contribution in [-0.4, -0.2) is 67.9 Å². The highest BCUT2D eigenvalue weighted by Gasteiger charge is 2.35. The molecule has 204 valence electrons. The van der Waals surface area contributed by atoms with Crippen LogP contribution in [-0.2, 0) is 4.79 Å². The van der Waals surface area contributed by atoms with Gasteiger partial charge in [-0.05, 0) is 36.2 Å². The number of hydrogen-bond acceptors (Lipinski definition) is 6. The number of rotatable bonds is 6. The molecule has 3 aromatic rings. The third kappa shape index (κ3) is 6.16. The van der Waals surface area contributed by atoms with E-state index in [2.05, 4.69) is 15.7 Å². The average Bonchev–Trinajstić information content (AvgIpc) is 3.38. The lowest BCUT2D eigenvalue weighted by Crippen LogP contribution is -2.42. The molecule has 0 spiro atoms. The zero-order valence-electron chi connectivity index (χ0n) is 21.0. The van der Waals surface area contributed by atoms with Crippen molar-refractivity contribution in [3.05, 3.63) is 58.9 Å². The van der Waals surface area contributed by atoms with Crippen molar-refractivity contribution in [1.29, 1.82) is 0 Å². The minimum absolute atomic E-state index is 0.0141. The number of amides is 1. The summed E-state index contributed by atoms with van der Waals surface area (Å²) in [4.78, 5) is 11.8. The fourth-order valence-corrected chi connectivity index (χ4v) is 4.53. The van der Waals surface area contributed by atoms with Crippen LogP contribution in [0.2, 0.25) is 5.02 Å². The lowest BCUT2D eigenvalue weighted by Gasteiger charge is -2.32. The van der Waals surface area contributed by atoms with Gasteiger partial charge in [0.15, 0.2) is 11.5 Å². The molecule has 0 saturated carbocycles. The highest BCUT2D eigenvalue weighted by atomic mass is 35.5. The standard InChI is InChI=1S/C21H19ClF3N3O2.C5H10N2O/c1-29-18-6-4-12(8-19(18)30-2)15-9-17(21(24)25)28-20(26-15)10-16(27-28)11-3-5-13(22)14(23)7-11;8-5-7-3-1-6-2-4-7/h3-8,10,15,17,21,26H,9H2,1-2H3;5-6H,1-4H2. The highest BCUT2D eigenvalue weighted by molar-refractivity contribution is 6.30. The highest BCUT2D eigenvalue weighted by Crippen LogP contribution is 2.41. The van der Waals surface area contributed by atoms with Gasteiger partial charge in [0.25, 0.3) is 6.43 Å². The number of anilines is 1. The molecule has 2 aromatic carbocycles. The summed E-state index contributed by atoms with van der Waals surface area (Å²) in [7, 11) is 3.05. The molecule has 1 fully saturated rings. The third-order valence-corrected chi connectivity index (χ3v) is 6.77. The first-order valence-electron chi connectivity index (χ1n) is 12.1. The summed E-state index contributed by atoms with van der Waals surface area (Å²) >= 11 is 5.74. The van der Waals surface area contributed by atoms with E-state index in [4.69, 9.17) is 21.1 Å². The summed E-state index contributed by atoms with van der Waals surface area (Å²) in [6.45, 7) is 3.62. The minimum Gasteiger partial charge on any atom is -0.493 e. The molecule has 2 aliphatic heterocycles. The fourth-order valence-electron chi connectivity index (χ4n) is 4.42. The summed E-state index contributed by atoms with van der Waals surface area (Å²) in [5.41, 5.74) is 1.62. The Morgan fingerprint density at radius 2 is 1.82 bits per heavy atom. The van der Waals surface area contributed by atoms with Gasteiger partial charge in [0.1, 0.15) is 17.7 Å². The maximum atomic E-state index is 13.9. The van der Waals surface area contributed by atoms with Crippen molar-refractivity contribution in [2.24, 2.45) is 0 Å². The van der Waals surface area contributed by atoms with Crippen molar-refractivity contribution >= 4 is 23.8 Å². The molecule has 8 nitrogen and oxygen atoms in total. The molecular formula is C26H29ClF3N5O3. The third-order valence-electron chi connectivity index (χ3n) is 6.47. The van der Waals surface area contributed by atoms with Crippen molar-refractivity contribution in [2.45, 2.75) is 24.9 Å². The number of hydrogen-bond donors (Lipinski definition) is 2. The van der Waals surface area contributed by atoms with Crippen molar-refractivity contribution in [3.63, 3.8) is 0 Å². The molecule has 3 heterocycles. The molecule has 2 aliphatic rings. The van der Waals surface area contributed by atoms with E-state index in [-0.39, 0.29) is 17.5 Å². The molecule has 2 unspecified atom stereocenters. The van der Waals surface area contributed by atoms with Crippen molar-refractivity contribution in [2.75, 3.05) is 45.7 Å². The summed E-state index contributed by atoms with van der Waals surface area (Å²) in [6.07, 6.45) is -1.60. The smallest absolute Gasteiger partial charge is 0.260 e. The summed E-state index contributed by atoms with van der Waals surface area (Å²) in [5, 5.41) is 10.7. The summed E-state index contributed by atoms with van der Waals surface area (Å²) in [6, 6.07) is 9.67. The van der Waals surface area contributed by atoms with E-state index in [0.717, 1.165) is 38.2 Å². The van der Waals surface area contributed by atoms with E-state index >= 15 is 0 Å². The van der Waals surface area contributed by atoms with Crippen LogP contribution >= 0.6 is 11.6 Å². The topological polar surface area (TPSA) is 80.6 Å². The monoisotopic (exact) mass is 551 g/mol. The van der Waals surface area contributed by atoms with Gasteiger partial charge < -0.3 is 25.0 Å². The van der Waals surface area contributed by atoms with Gasteiger partial charge in [0.05, 0.1) is 31.0 Å². The molecule has 0 bridgehead atoms. The van der Waals surface area contributed by atoms with E-state index in [9.17, 15) is 18.0 Å². The normalized spacial score (nSPS) is 18.7. The Morgan fingerprint density at radius 1 is 1.08 bits per heavy atom. The van der Waals surface area contributed by atoms with Crippen LogP contribution in [0.5, 0.6) is 11.5 Å². The van der Waals surface area contributed by atoms with Crippen LogP contribution in [0.15, 0.2) is 42.5 Å². The maximum absolute atomic E-state index is 13.9. The lowest BCUT2D eigenvalue weighted by atomic mass is 9.97. The number of carbonyl (C=O) groups excluding carboxylic acids is 1. The van der Waals surface area contributed by atoms with E-state index in [1.807, 2.05) is 6.07 Å². The molecule has 0 radical (unpaired) electrons. The number of halogens is 4. The van der Waals surface area contributed by atoms with Crippen LogP contribution in [0.3, 0.4) is 0 Å². The van der Waals surface area contributed by atoms with Crippen LogP contribution in [0.25, 0.3) is 11.3 Å². The van der Waals surface area contributed by atoms with Gasteiger partial charge in [-0.15, -0.1) is 0 Å². The van der Waals surface area contributed by atoms with Gasteiger partial charge in [0.2, 0.25) is 6.41 Å². The molecule has 5 rings (SSSR count). The molecule has 38 heavy (non-hydrogen) atoms. The number of benzene rings is 2. The van der Waals surface area contributed by atoms with E-state index in [0.29, 0.717) is 28.6 Å². The second-order valence-corrected chi connectivity index (χ2v) is 9.24. The number of ether oxygens (including phenoxy) is 2. The van der Waals surface area contributed by atoms with Crippen molar-refractivity contribution < 1.29 is 27.4 Å². The number of nitrogens with zero attached hydrogens (tertiary/aromatic N) is 3. The Labute approximate surface area is 223 Å². The van der Waals surface area contributed by atoms with Crippen LogP contribution in [0.1, 0.15) is 24.1 Å². The van der Waals surface area contributed by atoms with Crippen molar-refractivity contribution in [1.82, 2.24) is 20.0 Å². The largest absolute Gasteiger partial charge is 0.493 e. The minimum atomic E-state index is -2.62. The van der Waals surface area contributed by atoms with Crippen LogP contribution < -0.4 is 20.1 Å². The van der Waals surface area contributed by atoms with Crippen LogP contribution in [0.4, 0.5) is 19.0 Å². The number of carbonyl (C=O) groups is 1. The Hall–Kier alpha value is -3.44. The van der Waals surface area contributed by atoms with Gasteiger partial charge in [-0.3, -0.25) is 4.79 Å². The first kappa shape index (κ1) is 27.6. The average molecular weight is 552 g/mol. The number of methoxy groups -OCH3 is 2. The molecule has 1 aromatic heterocycles. The van der Waals surface area contributed by atoms with E-state index in [1.165, 1.54) is 31.0 Å². The molecule has 1 saturated heterocycles. The SMILES string of the molecule is COc1ccc(C2CC(C(F)F)n3nc(-c4ccc(Cl)c(F)c4)cc3N2)cc1OC.O=CN1CCNCC1. The molecular weight excluding hydrogens is 523 g/mol. The second-order valence-electron chi connectivity index (χ2n) is 8.83. The fraction of sp³-hybridized carbons (Fsp3) is 0.385. The number of piperazine rings is 1. The Balaban J connectivity index is 0.000000360. The molecule has 12 heteroatoms. The Kier molecular flexibility index (Phi) is 9.01. The predicted molar refractivity (Wildman–Crippen MR) is 139 cm³/mol. The molecule has 2 N–H and O–H groups in total. The van der Waals surface area contributed by atoms with Gasteiger partial charge in [0, 0.05) is 37.8 Å². The number of fused-ring (bicyclic) bond motifs is 1. The lowest BCUT2D eigenvalue weighted by molar-refractivity contribution is -0.118. The summed E-state index contributed by atoms with van der Waals surface area (Å²) in [5.74, 6) is 0.903.